The van der Waals surface area contributed by atoms with E-state index in [1.807, 2.05) is 12.1 Å². The van der Waals surface area contributed by atoms with E-state index in [0.717, 1.165) is 18.4 Å². The summed E-state index contributed by atoms with van der Waals surface area (Å²) in [4.78, 5) is 12.5. The van der Waals surface area contributed by atoms with Crippen molar-refractivity contribution in [1.82, 2.24) is 4.31 Å². The maximum Gasteiger partial charge on any atom is 0.246 e. The largest absolute Gasteiger partial charge is 0.492 e. The molecule has 1 aliphatic rings. The molecule has 0 atom stereocenters. The molecule has 1 N–H and O–H groups in total. The molecule has 1 fully saturated rings. The highest BCUT2D eigenvalue weighted by molar-refractivity contribution is 7.89. The summed E-state index contributed by atoms with van der Waals surface area (Å²) in [5.74, 6) is 0.0769. The van der Waals surface area contributed by atoms with Gasteiger partial charge in [0.15, 0.2) is 0 Å². The summed E-state index contributed by atoms with van der Waals surface area (Å²) in [6, 6.07) is 13.8. The molecule has 1 heterocycles. The van der Waals surface area contributed by atoms with E-state index in [0.29, 0.717) is 43.1 Å². The second-order valence-electron chi connectivity index (χ2n) is 7.06. The molecule has 158 valence electrons. The van der Waals surface area contributed by atoms with E-state index in [-0.39, 0.29) is 17.2 Å². The summed E-state index contributed by atoms with van der Waals surface area (Å²) in [7, 11) is -3.68. The molecule has 1 amide bonds. The second-order valence-corrected chi connectivity index (χ2v) is 8.97. The normalized spacial score (nSPS) is 14.3. The summed E-state index contributed by atoms with van der Waals surface area (Å²) in [5, 5.41) is 11.6. The number of nitriles is 1. The lowest BCUT2D eigenvalue weighted by Crippen LogP contribution is -2.28. The first-order valence-corrected chi connectivity index (χ1v) is 11.4. The SMILES string of the molecule is CCOc1ccc(NC(=O)CCc2ccc(C#N)cc2)cc1S(=O)(=O)N1CCCC1. The minimum Gasteiger partial charge on any atom is -0.492 e. The average Bonchev–Trinajstić information content (AvgIpc) is 3.30. The molecule has 1 aliphatic heterocycles. The van der Waals surface area contributed by atoms with E-state index in [2.05, 4.69) is 11.4 Å². The first-order chi connectivity index (χ1) is 14.4. The van der Waals surface area contributed by atoms with Crippen LogP contribution in [0, 0.1) is 11.3 Å². The standard InChI is InChI=1S/C22H25N3O4S/c1-2-29-20-11-10-19(15-21(20)30(27,28)25-13-3-4-14-25)24-22(26)12-9-17-5-7-18(16-23)8-6-17/h5-8,10-11,15H,2-4,9,12-14H2,1H3,(H,24,26). The number of ether oxygens (including phenoxy) is 1. The summed E-state index contributed by atoms with van der Waals surface area (Å²) < 4.78 is 33.1. The Bertz CT molecular complexity index is 1040. The maximum absolute atomic E-state index is 13.0. The number of benzene rings is 2. The van der Waals surface area contributed by atoms with Gasteiger partial charge in [-0.1, -0.05) is 12.1 Å². The van der Waals surface area contributed by atoms with E-state index >= 15 is 0 Å². The van der Waals surface area contributed by atoms with Gasteiger partial charge in [0.2, 0.25) is 15.9 Å². The molecular formula is C22H25N3O4S. The smallest absolute Gasteiger partial charge is 0.246 e. The van der Waals surface area contributed by atoms with Crippen molar-refractivity contribution in [2.75, 3.05) is 25.0 Å². The molecule has 1 saturated heterocycles. The highest BCUT2D eigenvalue weighted by Crippen LogP contribution is 2.31. The fourth-order valence-corrected chi connectivity index (χ4v) is 5.03. The fraction of sp³-hybridized carbons (Fsp3) is 0.364. The third-order valence-corrected chi connectivity index (χ3v) is 6.85. The molecule has 0 aliphatic carbocycles. The summed E-state index contributed by atoms with van der Waals surface area (Å²) >= 11 is 0. The number of nitrogens with zero attached hydrogens (tertiary/aromatic N) is 2. The van der Waals surface area contributed by atoms with Gasteiger partial charge in [-0.25, -0.2) is 8.42 Å². The number of carbonyl (C=O) groups excluding carboxylic acids is 1. The van der Waals surface area contributed by atoms with Gasteiger partial charge in [0.1, 0.15) is 10.6 Å². The molecular weight excluding hydrogens is 402 g/mol. The van der Waals surface area contributed by atoms with Gasteiger partial charge in [-0.05, 0) is 62.1 Å². The second kappa shape index (κ2) is 9.74. The van der Waals surface area contributed by atoms with Crippen LogP contribution in [0.3, 0.4) is 0 Å². The first-order valence-electron chi connectivity index (χ1n) is 10.00. The molecule has 0 aromatic heterocycles. The molecule has 8 heteroatoms. The van der Waals surface area contributed by atoms with Crippen molar-refractivity contribution in [2.45, 2.75) is 37.5 Å². The number of hydrogen-bond acceptors (Lipinski definition) is 5. The summed E-state index contributed by atoms with van der Waals surface area (Å²) in [5.41, 5.74) is 1.94. The Kier molecular flexibility index (Phi) is 7.08. The van der Waals surface area contributed by atoms with Crippen LogP contribution in [-0.4, -0.2) is 38.3 Å². The third kappa shape index (κ3) is 5.17. The van der Waals surface area contributed by atoms with Crippen LogP contribution < -0.4 is 10.1 Å². The Labute approximate surface area is 177 Å². The maximum atomic E-state index is 13.0. The molecule has 2 aromatic rings. The van der Waals surface area contributed by atoms with Gasteiger partial charge in [-0.2, -0.15) is 9.57 Å². The van der Waals surface area contributed by atoms with Gasteiger partial charge in [0, 0.05) is 25.2 Å². The van der Waals surface area contributed by atoms with Crippen molar-refractivity contribution in [3.8, 4) is 11.8 Å². The van der Waals surface area contributed by atoms with Crippen molar-refractivity contribution in [1.29, 1.82) is 5.26 Å². The van der Waals surface area contributed by atoms with E-state index < -0.39 is 10.0 Å². The van der Waals surface area contributed by atoms with E-state index in [1.54, 1.807) is 31.2 Å². The lowest BCUT2D eigenvalue weighted by Gasteiger charge is -2.19. The topological polar surface area (TPSA) is 99.5 Å². The van der Waals surface area contributed by atoms with Gasteiger partial charge in [0.05, 0.1) is 18.2 Å². The van der Waals surface area contributed by atoms with Crippen LogP contribution in [0.4, 0.5) is 5.69 Å². The number of anilines is 1. The summed E-state index contributed by atoms with van der Waals surface area (Å²) in [6.45, 7) is 3.13. The van der Waals surface area contributed by atoms with E-state index in [4.69, 9.17) is 10.00 Å². The lowest BCUT2D eigenvalue weighted by atomic mass is 10.1. The zero-order valence-corrected chi connectivity index (χ0v) is 17.7. The molecule has 0 unspecified atom stereocenters. The monoisotopic (exact) mass is 427 g/mol. The number of nitrogens with one attached hydrogen (secondary N) is 1. The fourth-order valence-electron chi connectivity index (χ4n) is 3.36. The number of sulfonamides is 1. The Hall–Kier alpha value is -2.89. The van der Waals surface area contributed by atoms with E-state index in [9.17, 15) is 13.2 Å². The molecule has 2 aromatic carbocycles. The van der Waals surface area contributed by atoms with Crippen LogP contribution in [0.1, 0.15) is 37.3 Å². The van der Waals surface area contributed by atoms with E-state index in [1.165, 1.54) is 10.4 Å². The van der Waals surface area contributed by atoms with Gasteiger partial charge in [-0.15, -0.1) is 0 Å². The minimum atomic E-state index is -3.68. The van der Waals surface area contributed by atoms with Crippen molar-refractivity contribution in [3.63, 3.8) is 0 Å². The van der Waals surface area contributed by atoms with Crippen LogP contribution in [0.15, 0.2) is 47.4 Å². The van der Waals surface area contributed by atoms with Crippen molar-refractivity contribution < 1.29 is 17.9 Å². The first kappa shape index (κ1) is 21.8. The number of carbonyl (C=O) groups is 1. The Morgan fingerprint density at radius 1 is 1.17 bits per heavy atom. The Morgan fingerprint density at radius 3 is 2.50 bits per heavy atom. The van der Waals surface area contributed by atoms with Crippen LogP contribution in [0.5, 0.6) is 5.75 Å². The zero-order chi connectivity index (χ0) is 21.6. The third-order valence-electron chi connectivity index (χ3n) is 4.93. The van der Waals surface area contributed by atoms with Crippen LogP contribution in [-0.2, 0) is 21.2 Å². The Morgan fingerprint density at radius 2 is 1.87 bits per heavy atom. The molecule has 7 nitrogen and oxygen atoms in total. The van der Waals surface area contributed by atoms with Crippen LogP contribution in [0.2, 0.25) is 0 Å². The number of rotatable bonds is 8. The van der Waals surface area contributed by atoms with Gasteiger partial charge >= 0.3 is 0 Å². The lowest BCUT2D eigenvalue weighted by molar-refractivity contribution is -0.116. The number of amides is 1. The quantitative estimate of drug-likeness (QED) is 0.697. The van der Waals surface area contributed by atoms with Gasteiger partial charge in [-0.3, -0.25) is 4.79 Å². The predicted molar refractivity (Wildman–Crippen MR) is 114 cm³/mol. The molecule has 0 radical (unpaired) electrons. The minimum absolute atomic E-state index is 0.0798. The van der Waals surface area contributed by atoms with Gasteiger partial charge < -0.3 is 10.1 Å². The van der Waals surface area contributed by atoms with Crippen LogP contribution in [0.25, 0.3) is 0 Å². The molecule has 30 heavy (non-hydrogen) atoms. The Balaban J connectivity index is 1.72. The highest BCUT2D eigenvalue weighted by Gasteiger charge is 2.30. The van der Waals surface area contributed by atoms with Crippen molar-refractivity contribution >= 4 is 21.6 Å². The molecule has 0 spiro atoms. The van der Waals surface area contributed by atoms with Gasteiger partial charge in [0.25, 0.3) is 0 Å². The molecule has 0 saturated carbocycles. The molecule has 3 rings (SSSR count). The number of hydrogen-bond donors (Lipinski definition) is 1. The predicted octanol–water partition coefficient (Wildman–Crippen LogP) is 3.31. The molecule has 0 bridgehead atoms. The summed E-state index contributed by atoms with van der Waals surface area (Å²) in [6.07, 6.45) is 2.45. The highest BCUT2D eigenvalue weighted by atomic mass is 32.2. The average molecular weight is 428 g/mol. The van der Waals surface area contributed by atoms with Crippen LogP contribution >= 0.6 is 0 Å². The number of aryl methyl sites for hydroxylation is 1. The van der Waals surface area contributed by atoms with Crippen molar-refractivity contribution in [3.05, 3.63) is 53.6 Å². The van der Waals surface area contributed by atoms with Crippen molar-refractivity contribution in [2.24, 2.45) is 0 Å². The zero-order valence-electron chi connectivity index (χ0n) is 16.9.